The van der Waals surface area contributed by atoms with Crippen molar-refractivity contribution in [2.75, 3.05) is 23.3 Å². The minimum atomic E-state index is -0.478. The highest BCUT2D eigenvalue weighted by molar-refractivity contribution is 5.95. The van der Waals surface area contributed by atoms with Gasteiger partial charge in [-0.15, -0.1) is 0 Å². The van der Waals surface area contributed by atoms with Crippen molar-refractivity contribution < 1.29 is 9.90 Å². The molecule has 0 spiro atoms. The average molecular weight is 301 g/mol. The van der Waals surface area contributed by atoms with E-state index in [9.17, 15) is 15.2 Å². The molecule has 1 saturated heterocycles. The lowest BCUT2D eigenvalue weighted by Crippen LogP contribution is -2.36. The van der Waals surface area contributed by atoms with Gasteiger partial charge in [0, 0.05) is 24.2 Å². The van der Waals surface area contributed by atoms with E-state index in [2.05, 4.69) is 16.3 Å². The number of benzene rings is 1. The topological polar surface area (TPSA) is 76.4 Å². The molecule has 0 unspecified atom stereocenters. The molecule has 118 valence electrons. The van der Waals surface area contributed by atoms with Crippen LogP contribution in [0.25, 0.3) is 0 Å². The van der Waals surface area contributed by atoms with Gasteiger partial charge in [0.05, 0.1) is 17.4 Å². The number of carbonyl (C=O) groups is 1. The van der Waals surface area contributed by atoms with Crippen LogP contribution in [0.5, 0.6) is 0 Å². The van der Waals surface area contributed by atoms with E-state index in [4.69, 9.17) is 0 Å². The molecule has 1 amide bonds. The molecule has 1 fully saturated rings. The maximum absolute atomic E-state index is 12.0. The van der Waals surface area contributed by atoms with E-state index in [0.717, 1.165) is 18.8 Å². The van der Waals surface area contributed by atoms with E-state index in [1.165, 1.54) is 0 Å². The van der Waals surface area contributed by atoms with Crippen molar-refractivity contribution in [3.63, 3.8) is 0 Å². The molecule has 22 heavy (non-hydrogen) atoms. The summed E-state index contributed by atoms with van der Waals surface area (Å²) in [5.74, 6) is -0.0785. The number of nitrogens with zero attached hydrogens (tertiary/aromatic N) is 2. The van der Waals surface area contributed by atoms with Gasteiger partial charge in [-0.2, -0.15) is 5.26 Å². The molecular formula is C17H23N3O2. The number of rotatable bonds is 2. The lowest BCUT2D eigenvalue weighted by Gasteiger charge is -2.32. The van der Waals surface area contributed by atoms with Crippen LogP contribution in [0.3, 0.4) is 0 Å². The minimum Gasteiger partial charge on any atom is -0.393 e. The summed E-state index contributed by atoms with van der Waals surface area (Å²) >= 11 is 0. The van der Waals surface area contributed by atoms with E-state index in [-0.39, 0.29) is 12.0 Å². The zero-order valence-electron chi connectivity index (χ0n) is 13.4. The first-order chi connectivity index (χ1) is 10.3. The Morgan fingerprint density at radius 2 is 2.00 bits per heavy atom. The number of hydrogen-bond acceptors (Lipinski definition) is 4. The van der Waals surface area contributed by atoms with Gasteiger partial charge < -0.3 is 15.3 Å². The van der Waals surface area contributed by atoms with Crippen molar-refractivity contribution in [2.45, 2.75) is 39.7 Å². The average Bonchev–Trinajstić information content (AvgIpc) is 2.47. The maximum Gasteiger partial charge on any atom is 0.229 e. The van der Waals surface area contributed by atoms with E-state index in [1.807, 2.05) is 32.9 Å². The van der Waals surface area contributed by atoms with Crippen LogP contribution in [0, 0.1) is 16.7 Å². The third-order valence-electron chi connectivity index (χ3n) is 3.86. The van der Waals surface area contributed by atoms with Gasteiger partial charge in [0.15, 0.2) is 0 Å². The Morgan fingerprint density at radius 3 is 2.55 bits per heavy atom. The first-order valence-electron chi connectivity index (χ1n) is 7.60. The third-order valence-corrected chi connectivity index (χ3v) is 3.86. The Kier molecular flexibility index (Phi) is 4.72. The van der Waals surface area contributed by atoms with Gasteiger partial charge >= 0.3 is 0 Å². The standard InChI is InChI=1S/C17H23N3O2/c1-17(2,3)16(22)19-13-4-5-15(12(10-13)11-18)20-8-6-14(21)7-9-20/h4-5,10,14,21H,6-9H2,1-3H3,(H,19,22). The molecule has 2 N–H and O–H groups in total. The summed E-state index contributed by atoms with van der Waals surface area (Å²) in [5, 5.41) is 21.8. The van der Waals surface area contributed by atoms with Crippen LogP contribution < -0.4 is 10.2 Å². The van der Waals surface area contributed by atoms with Gasteiger partial charge in [-0.25, -0.2) is 0 Å². The Balaban J connectivity index is 2.18. The molecule has 5 nitrogen and oxygen atoms in total. The van der Waals surface area contributed by atoms with Crippen LogP contribution in [-0.4, -0.2) is 30.2 Å². The highest BCUT2D eigenvalue weighted by Gasteiger charge is 2.23. The van der Waals surface area contributed by atoms with E-state index < -0.39 is 5.41 Å². The Morgan fingerprint density at radius 1 is 1.36 bits per heavy atom. The largest absolute Gasteiger partial charge is 0.393 e. The van der Waals surface area contributed by atoms with Gasteiger partial charge in [-0.1, -0.05) is 20.8 Å². The summed E-state index contributed by atoms with van der Waals surface area (Å²) < 4.78 is 0. The quantitative estimate of drug-likeness (QED) is 0.880. The van der Waals surface area contributed by atoms with Crippen LogP contribution in [0.4, 0.5) is 11.4 Å². The second-order valence-corrected chi connectivity index (χ2v) is 6.77. The molecule has 0 aromatic heterocycles. The second-order valence-electron chi connectivity index (χ2n) is 6.77. The van der Waals surface area contributed by atoms with Crippen LogP contribution >= 0.6 is 0 Å². The molecule has 0 aliphatic carbocycles. The molecule has 0 atom stereocenters. The molecule has 2 rings (SSSR count). The Labute approximate surface area is 131 Å². The van der Waals surface area contributed by atoms with Crippen LogP contribution in [0.15, 0.2) is 18.2 Å². The zero-order chi connectivity index (χ0) is 16.3. The lowest BCUT2D eigenvalue weighted by atomic mass is 9.95. The predicted molar refractivity (Wildman–Crippen MR) is 86.7 cm³/mol. The minimum absolute atomic E-state index is 0.0785. The summed E-state index contributed by atoms with van der Waals surface area (Å²) in [6.45, 7) is 7.02. The fourth-order valence-corrected chi connectivity index (χ4v) is 2.40. The molecule has 1 aliphatic heterocycles. The SMILES string of the molecule is CC(C)(C)C(=O)Nc1ccc(N2CCC(O)CC2)c(C#N)c1. The molecule has 1 aromatic carbocycles. The van der Waals surface area contributed by atoms with Gasteiger partial charge in [0.25, 0.3) is 0 Å². The molecule has 0 bridgehead atoms. The van der Waals surface area contributed by atoms with Crippen molar-refractivity contribution in [3.05, 3.63) is 23.8 Å². The van der Waals surface area contributed by atoms with Crippen molar-refractivity contribution in [1.29, 1.82) is 5.26 Å². The first-order valence-corrected chi connectivity index (χ1v) is 7.60. The molecule has 1 heterocycles. The zero-order valence-corrected chi connectivity index (χ0v) is 13.4. The monoisotopic (exact) mass is 301 g/mol. The number of hydrogen-bond donors (Lipinski definition) is 2. The number of amides is 1. The number of nitriles is 1. The van der Waals surface area contributed by atoms with Crippen molar-refractivity contribution in [1.82, 2.24) is 0 Å². The number of aliphatic hydroxyl groups excluding tert-OH is 1. The smallest absolute Gasteiger partial charge is 0.229 e. The number of aliphatic hydroxyl groups is 1. The van der Waals surface area contributed by atoms with E-state index in [0.29, 0.717) is 24.1 Å². The van der Waals surface area contributed by atoms with Gasteiger partial charge in [0.1, 0.15) is 6.07 Å². The summed E-state index contributed by atoms with van der Waals surface area (Å²) in [4.78, 5) is 14.1. The molecule has 5 heteroatoms. The molecule has 0 saturated carbocycles. The lowest BCUT2D eigenvalue weighted by molar-refractivity contribution is -0.123. The van der Waals surface area contributed by atoms with E-state index >= 15 is 0 Å². The van der Waals surface area contributed by atoms with E-state index in [1.54, 1.807) is 6.07 Å². The third kappa shape index (κ3) is 3.77. The fraction of sp³-hybridized carbons (Fsp3) is 0.529. The second kappa shape index (κ2) is 6.37. The maximum atomic E-state index is 12.0. The predicted octanol–water partition coefficient (Wildman–Crippen LogP) is 2.50. The summed E-state index contributed by atoms with van der Waals surface area (Å²) in [7, 11) is 0. The highest BCUT2D eigenvalue weighted by Crippen LogP contribution is 2.27. The number of anilines is 2. The molecule has 0 radical (unpaired) electrons. The van der Waals surface area contributed by atoms with Gasteiger partial charge in [-0.3, -0.25) is 4.79 Å². The number of piperidine rings is 1. The van der Waals surface area contributed by atoms with Crippen molar-refractivity contribution in [3.8, 4) is 6.07 Å². The Bertz CT molecular complexity index is 591. The van der Waals surface area contributed by atoms with Gasteiger partial charge in [0.2, 0.25) is 5.91 Å². The summed E-state index contributed by atoms with van der Waals surface area (Å²) in [6.07, 6.45) is 1.19. The first kappa shape index (κ1) is 16.3. The summed E-state index contributed by atoms with van der Waals surface area (Å²) in [6, 6.07) is 7.61. The number of carbonyl (C=O) groups excluding carboxylic acids is 1. The highest BCUT2D eigenvalue weighted by atomic mass is 16.3. The number of nitrogens with one attached hydrogen (secondary N) is 1. The van der Waals surface area contributed by atoms with Gasteiger partial charge in [-0.05, 0) is 31.0 Å². The Hall–Kier alpha value is -2.06. The van der Waals surface area contributed by atoms with Crippen LogP contribution in [0.1, 0.15) is 39.2 Å². The molecule has 1 aromatic rings. The van der Waals surface area contributed by atoms with Crippen LogP contribution in [-0.2, 0) is 4.79 Å². The molecular weight excluding hydrogens is 278 g/mol. The van der Waals surface area contributed by atoms with Crippen LogP contribution in [0.2, 0.25) is 0 Å². The molecule has 1 aliphatic rings. The normalized spacial score (nSPS) is 16.2. The van der Waals surface area contributed by atoms with Crippen molar-refractivity contribution >= 4 is 17.3 Å². The van der Waals surface area contributed by atoms with Crippen molar-refractivity contribution in [2.24, 2.45) is 5.41 Å². The fourth-order valence-electron chi connectivity index (χ4n) is 2.40. The summed E-state index contributed by atoms with van der Waals surface area (Å²) in [5.41, 5.74) is 1.57.